The third kappa shape index (κ3) is 3.73. The van der Waals surface area contributed by atoms with E-state index < -0.39 is 80.0 Å². The monoisotopic (exact) mass is 513 g/mol. The molecule has 196 valence electrons. The second-order valence-corrected chi connectivity index (χ2v) is 8.21. The van der Waals surface area contributed by atoms with Crippen LogP contribution in [0.15, 0.2) is 18.2 Å². The van der Waals surface area contributed by atoms with E-state index in [0.717, 1.165) is 13.0 Å². The molecule has 0 bridgehead atoms. The van der Waals surface area contributed by atoms with Crippen LogP contribution >= 0.6 is 0 Å². The van der Waals surface area contributed by atoms with Gasteiger partial charge in [-0.15, -0.1) is 0 Å². The Morgan fingerprint density at radius 1 is 1.06 bits per heavy atom. The van der Waals surface area contributed by atoms with Crippen molar-refractivity contribution in [1.29, 1.82) is 0 Å². The summed E-state index contributed by atoms with van der Waals surface area (Å²) < 4.78 is 10.1. The van der Waals surface area contributed by atoms with Crippen molar-refractivity contribution >= 4 is 35.1 Å². The lowest BCUT2D eigenvalue weighted by Crippen LogP contribution is -2.91. The number of aliphatic hydroxyl groups excluding tert-OH is 1. The van der Waals surface area contributed by atoms with E-state index in [1.165, 1.54) is 0 Å². The number of nitrogens with zero attached hydrogens (tertiary/aromatic N) is 1. The lowest BCUT2D eigenvalue weighted by Gasteiger charge is -2.59. The van der Waals surface area contributed by atoms with Gasteiger partial charge in [-0.1, -0.05) is 0 Å². The number of nitro groups is 1. The average molecular weight is 513 g/mol. The summed E-state index contributed by atoms with van der Waals surface area (Å²) in [7, 11) is 0. The fourth-order valence-corrected chi connectivity index (χ4v) is 4.03. The SMILES string of the molecule is CC(=O)[C@@]1(O)[C@](O)(C(C)=O)[C@@](O)(Oc2ccc([N+](=O)[O-])cc2C=O)O[C@H](C(=O)C(C)O)[C@@]1(O)C(C)=O. The number of aliphatic hydroxyl groups is 5. The summed E-state index contributed by atoms with van der Waals surface area (Å²) in [6.07, 6.45) is -4.89. The van der Waals surface area contributed by atoms with Gasteiger partial charge in [-0.2, -0.15) is 0 Å². The zero-order valence-corrected chi connectivity index (χ0v) is 19.3. The van der Waals surface area contributed by atoms with Gasteiger partial charge in [-0.25, -0.2) is 0 Å². The van der Waals surface area contributed by atoms with Gasteiger partial charge in [0.2, 0.25) is 5.60 Å². The molecule has 15 nitrogen and oxygen atoms in total. The van der Waals surface area contributed by atoms with Gasteiger partial charge in [0.05, 0.1) is 10.5 Å². The van der Waals surface area contributed by atoms with Crippen LogP contribution in [-0.4, -0.2) is 94.9 Å². The first kappa shape index (κ1) is 28.8. The van der Waals surface area contributed by atoms with E-state index in [4.69, 9.17) is 9.47 Å². The zero-order chi connectivity index (χ0) is 28.0. The number of non-ortho nitro benzene ring substituents is 1. The number of aldehydes is 1. The summed E-state index contributed by atoms with van der Waals surface area (Å²) >= 11 is 0. The topological polar surface area (TPSA) is 248 Å². The van der Waals surface area contributed by atoms with Crippen molar-refractivity contribution in [1.82, 2.24) is 0 Å². The lowest BCUT2D eigenvalue weighted by molar-refractivity contribution is -0.458. The number of ether oxygens (including phenoxy) is 2. The van der Waals surface area contributed by atoms with Gasteiger partial charge in [-0.3, -0.25) is 38.8 Å². The van der Waals surface area contributed by atoms with Crippen molar-refractivity contribution in [3.05, 3.63) is 33.9 Å². The van der Waals surface area contributed by atoms with Crippen LogP contribution in [0.2, 0.25) is 0 Å². The Morgan fingerprint density at radius 3 is 1.97 bits per heavy atom. The second kappa shape index (κ2) is 9.20. The highest BCUT2D eigenvalue weighted by Gasteiger charge is 2.85. The van der Waals surface area contributed by atoms with Crippen molar-refractivity contribution < 1.29 is 63.9 Å². The molecule has 6 atom stereocenters. The van der Waals surface area contributed by atoms with E-state index in [1.54, 1.807) is 0 Å². The van der Waals surface area contributed by atoms with E-state index in [2.05, 4.69) is 0 Å². The van der Waals surface area contributed by atoms with Gasteiger partial charge >= 0.3 is 5.97 Å². The first-order valence-corrected chi connectivity index (χ1v) is 10.1. The van der Waals surface area contributed by atoms with Crippen LogP contribution in [0, 0.1) is 10.1 Å². The molecule has 0 saturated carbocycles. The Hall–Kier alpha value is -3.47. The number of ketones is 4. The van der Waals surface area contributed by atoms with Crippen molar-refractivity contribution in [2.24, 2.45) is 0 Å². The van der Waals surface area contributed by atoms with Gasteiger partial charge in [0, 0.05) is 12.1 Å². The van der Waals surface area contributed by atoms with Crippen LogP contribution in [0.25, 0.3) is 0 Å². The summed E-state index contributed by atoms with van der Waals surface area (Å²) in [6, 6.07) is 2.14. The Bertz CT molecular complexity index is 1160. The van der Waals surface area contributed by atoms with Crippen LogP contribution in [0.4, 0.5) is 5.69 Å². The third-order valence-electron chi connectivity index (χ3n) is 5.99. The maximum Gasteiger partial charge on any atom is 0.367 e. The number of Topliss-reactive ketones (excluding diaryl/α,β-unsaturated/α-hetero) is 4. The zero-order valence-electron chi connectivity index (χ0n) is 19.3. The van der Waals surface area contributed by atoms with Crippen molar-refractivity contribution in [3.63, 3.8) is 0 Å². The molecule has 1 fully saturated rings. The summed E-state index contributed by atoms with van der Waals surface area (Å²) in [5.74, 6) is -11.5. The molecule has 0 aliphatic carbocycles. The van der Waals surface area contributed by atoms with E-state index >= 15 is 0 Å². The standard InChI is InChI=1S/C21H23NO14/c1-9(24)16(28)17-18(29,10(2)25)19(30,11(3)26)20(31,12(4)27)21(32,36-17)35-15-6-5-14(22(33)34)7-13(15)8-23/h5-9,17,24,29-32H,1-4H3/t9?,17-,18+,19+,20-,21-/m1/s1. The molecular formula is C21H23NO14. The molecule has 0 spiro atoms. The molecule has 36 heavy (non-hydrogen) atoms. The van der Waals surface area contributed by atoms with Crippen molar-refractivity contribution in [3.8, 4) is 5.75 Å². The molecule has 15 heteroatoms. The molecule has 1 aromatic carbocycles. The largest absolute Gasteiger partial charge is 0.436 e. The molecule has 0 amide bonds. The van der Waals surface area contributed by atoms with Gasteiger partial charge in [0.25, 0.3) is 11.3 Å². The molecule has 0 radical (unpaired) electrons. The van der Waals surface area contributed by atoms with Gasteiger partial charge in [0.15, 0.2) is 41.1 Å². The third-order valence-corrected chi connectivity index (χ3v) is 5.99. The number of rotatable bonds is 9. The predicted octanol–water partition coefficient (Wildman–Crippen LogP) is -2.26. The normalized spacial score (nSPS) is 32.8. The molecule has 2 rings (SSSR count). The van der Waals surface area contributed by atoms with Crippen LogP contribution in [0.3, 0.4) is 0 Å². The molecule has 1 aliphatic rings. The van der Waals surface area contributed by atoms with Crippen LogP contribution in [-0.2, 0) is 23.9 Å². The van der Waals surface area contributed by atoms with Crippen LogP contribution in [0.1, 0.15) is 38.1 Å². The first-order valence-electron chi connectivity index (χ1n) is 10.1. The maximum absolute atomic E-state index is 12.7. The molecule has 0 aromatic heterocycles. The fourth-order valence-electron chi connectivity index (χ4n) is 4.03. The summed E-state index contributed by atoms with van der Waals surface area (Å²) in [6.45, 7) is 2.40. The highest BCUT2D eigenvalue weighted by Crippen LogP contribution is 2.51. The molecule has 1 aromatic rings. The number of benzene rings is 1. The van der Waals surface area contributed by atoms with Gasteiger partial charge in [0.1, 0.15) is 11.9 Å². The maximum atomic E-state index is 12.7. The fraction of sp³-hybridized carbons (Fsp3) is 0.476. The Labute approximate surface area is 202 Å². The minimum absolute atomic E-state index is 0.00283. The molecule has 1 heterocycles. The molecule has 1 unspecified atom stereocenters. The Kier molecular flexibility index (Phi) is 7.35. The number of hydrogen-bond donors (Lipinski definition) is 5. The number of carbonyl (C=O) groups is 5. The van der Waals surface area contributed by atoms with Crippen molar-refractivity contribution in [2.45, 2.75) is 62.7 Å². The highest BCUT2D eigenvalue weighted by atomic mass is 16.8. The first-order chi connectivity index (χ1) is 16.4. The highest BCUT2D eigenvalue weighted by molar-refractivity contribution is 6.08. The minimum Gasteiger partial charge on any atom is -0.436 e. The molecule has 1 aliphatic heterocycles. The van der Waals surface area contributed by atoms with Gasteiger partial charge < -0.3 is 30.3 Å². The van der Waals surface area contributed by atoms with Gasteiger partial charge in [-0.05, 0) is 33.8 Å². The predicted molar refractivity (Wildman–Crippen MR) is 113 cm³/mol. The van der Waals surface area contributed by atoms with Crippen LogP contribution in [0.5, 0.6) is 5.75 Å². The van der Waals surface area contributed by atoms with Crippen LogP contribution < -0.4 is 4.74 Å². The van der Waals surface area contributed by atoms with E-state index in [-0.39, 0.29) is 6.29 Å². The van der Waals surface area contributed by atoms with E-state index in [9.17, 15) is 59.6 Å². The summed E-state index contributed by atoms with van der Waals surface area (Å²) in [4.78, 5) is 72.2. The lowest BCUT2D eigenvalue weighted by atomic mass is 9.59. The number of carbonyl (C=O) groups excluding carboxylic acids is 5. The minimum atomic E-state index is -4.07. The number of nitro benzene ring substituents is 1. The average Bonchev–Trinajstić information content (AvgIpc) is 2.79. The summed E-state index contributed by atoms with van der Waals surface area (Å²) in [5.41, 5.74) is -13.2. The molecule has 1 saturated heterocycles. The Morgan fingerprint density at radius 2 is 1.58 bits per heavy atom. The Balaban J connectivity index is 2.96. The van der Waals surface area contributed by atoms with E-state index in [0.29, 0.717) is 32.9 Å². The quantitative estimate of drug-likeness (QED) is 0.101. The van der Waals surface area contributed by atoms with Crippen molar-refractivity contribution in [2.75, 3.05) is 0 Å². The second-order valence-electron chi connectivity index (χ2n) is 8.21. The van der Waals surface area contributed by atoms with E-state index in [1.807, 2.05) is 0 Å². The summed E-state index contributed by atoms with van der Waals surface area (Å²) in [5, 5.41) is 66.0. The number of hydrogen-bond acceptors (Lipinski definition) is 14. The molecular weight excluding hydrogens is 490 g/mol. The smallest absolute Gasteiger partial charge is 0.367 e. The molecule has 5 N–H and O–H groups in total.